The third kappa shape index (κ3) is 4.73. The summed E-state index contributed by atoms with van der Waals surface area (Å²) >= 11 is 0. The van der Waals surface area contributed by atoms with Gasteiger partial charge in [0, 0.05) is 0 Å². The normalized spacial score (nSPS) is 15.8. The molecule has 0 spiro atoms. The molecule has 1 aromatic carbocycles. The second-order valence-corrected chi connectivity index (χ2v) is 4.57. The van der Waals surface area contributed by atoms with Crippen LogP contribution in [0.4, 0.5) is 0 Å². The maximum atomic E-state index is 10.7. The summed E-state index contributed by atoms with van der Waals surface area (Å²) in [5.74, 6) is -2.34. The number of ether oxygens (including phenoxy) is 1. The van der Waals surface area contributed by atoms with E-state index in [0.29, 0.717) is 0 Å². The molecule has 0 radical (unpaired) electrons. The summed E-state index contributed by atoms with van der Waals surface area (Å²) in [6, 6.07) is 2.10. The molecule has 4 N–H and O–H groups in total. The molecule has 1 atom stereocenters. The summed E-state index contributed by atoms with van der Waals surface area (Å²) in [6.45, 7) is 0. The average molecular weight is 294 g/mol. The van der Waals surface area contributed by atoms with Crippen molar-refractivity contribution < 1.29 is 35.9 Å². The van der Waals surface area contributed by atoms with Crippen molar-refractivity contribution >= 4 is 16.4 Å². The van der Waals surface area contributed by atoms with Crippen LogP contribution in [0.5, 0.6) is 11.5 Å². The van der Waals surface area contributed by atoms with Crippen LogP contribution in [-0.2, 0) is 21.6 Å². The lowest BCUT2D eigenvalue weighted by Gasteiger charge is -2.11. The molecule has 19 heavy (non-hydrogen) atoms. The monoisotopic (exact) mass is 294 g/mol. The van der Waals surface area contributed by atoms with Gasteiger partial charge in [0.25, 0.3) is 0 Å². The molecule has 0 fully saturated rings. The van der Waals surface area contributed by atoms with Crippen molar-refractivity contribution in [1.82, 2.24) is 0 Å². The van der Waals surface area contributed by atoms with E-state index in [4.69, 9.17) is 19.5 Å². The van der Waals surface area contributed by atoms with Crippen LogP contribution in [0.1, 0.15) is 9.68 Å². The van der Waals surface area contributed by atoms with E-state index >= 15 is 0 Å². The average Bonchev–Trinajstić information content (AvgIpc) is 2.28. The largest absolute Gasteiger partial charge is 0.493 e. The molecule has 0 aliphatic carbocycles. The van der Waals surface area contributed by atoms with Gasteiger partial charge in [0.15, 0.2) is 11.5 Å². The van der Waals surface area contributed by atoms with Gasteiger partial charge in [-0.25, -0.2) is 0 Å². The highest BCUT2D eigenvalue weighted by atomic mass is 32.3. The highest BCUT2D eigenvalue weighted by Gasteiger charge is 2.16. The number of hydrogen-bond donors (Lipinski definition) is 3. The van der Waals surface area contributed by atoms with E-state index in [-0.39, 0.29) is 12.0 Å². The van der Waals surface area contributed by atoms with E-state index < -0.39 is 40.9 Å². The third-order valence-corrected chi connectivity index (χ3v) is 2.48. The molecule has 0 saturated heterocycles. The lowest BCUT2D eigenvalue weighted by Crippen LogP contribution is -2.32. The Hall–Kier alpha value is -1.84. The highest BCUT2D eigenvalue weighted by Crippen LogP contribution is 2.29. The molecule has 0 bridgehead atoms. The van der Waals surface area contributed by atoms with Crippen molar-refractivity contribution in [2.45, 2.75) is 12.5 Å². The first kappa shape index (κ1) is 11.0. The molecule has 1 rings (SSSR count). The summed E-state index contributed by atoms with van der Waals surface area (Å²) in [5.41, 5.74) is 5.62. The Morgan fingerprint density at radius 2 is 2.21 bits per heavy atom. The van der Waals surface area contributed by atoms with Crippen LogP contribution in [0.25, 0.3) is 0 Å². The van der Waals surface area contributed by atoms with Crippen LogP contribution in [0.2, 0.25) is 0 Å². The number of carbonyl (C=O) groups is 1. The predicted octanol–water partition coefficient (Wildman–Crippen LogP) is -0.169. The summed E-state index contributed by atoms with van der Waals surface area (Å²) < 4.78 is 59.8. The van der Waals surface area contributed by atoms with Gasteiger partial charge in [-0.2, -0.15) is 8.42 Å². The van der Waals surface area contributed by atoms with Crippen LogP contribution in [0, 0.1) is 0 Å². The molecule has 0 aromatic heterocycles. The molecule has 8 nitrogen and oxygen atoms in total. The molecule has 0 saturated carbocycles. The number of methoxy groups -OCH3 is 1. The standard InChI is InChI=1S/C10H13NO7S/c1-17-9-5-6(4-7(11)10(12)13)2-3-8(9)18-19(14,15)16/h2-3,5,7H,4,11H2,1H3,(H,12,13)(H,14,15,16)/t7-/m0/s1/i1D3. The SMILES string of the molecule is [2H]C([2H])([2H])Oc1cc(C[C@H](N)C(=O)O)ccc1OS(=O)(=O)O. The van der Waals surface area contributed by atoms with Crippen LogP contribution < -0.4 is 14.7 Å². The molecule has 1 aromatic rings. The first-order chi connectivity index (χ1) is 9.87. The number of benzene rings is 1. The van der Waals surface area contributed by atoms with Crippen LogP contribution in [0.3, 0.4) is 0 Å². The summed E-state index contributed by atoms with van der Waals surface area (Å²) in [6.07, 6.45) is -0.154. The van der Waals surface area contributed by atoms with Gasteiger partial charge in [-0.1, -0.05) is 6.07 Å². The molecule has 0 aliphatic rings. The third-order valence-electron chi connectivity index (χ3n) is 2.09. The Bertz CT molecular complexity index is 659. The molecule has 9 heteroatoms. The Kier molecular flexibility index (Phi) is 3.40. The fourth-order valence-electron chi connectivity index (χ4n) is 1.28. The van der Waals surface area contributed by atoms with Crippen LogP contribution in [0.15, 0.2) is 18.2 Å². The van der Waals surface area contributed by atoms with Crippen LogP contribution >= 0.6 is 0 Å². The fourth-order valence-corrected chi connectivity index (χ4v) is 1.65. The van der Waals surface area contributed by atoms with Gasteiger partial charge in [-0.15, -0.1) is 0 Å². The Morgan fingerprint density at radius 1 is 1.53 bits per heavy atom. The number of carboxylic acids is 1. The van der Waals surface area contributed by atoms with Gasteiger partial charge in [0.1, 0.15) is 6.04 Å². The van der Waals surface area contributed by atoms with Gasteiger partial charge >= 0.3 is 16.4 Å². The zero-order valence-corrected chi connectivity index (χ0v) is 10.3. The maximum absolute atomic E-state index is 10.7. The minimum atomic E-state index is -4.89. The van der Waals surface area contributed by atoms with Crippen molar-refractivity contribution in [2.24, 2.45) is 5.73 Å². The van der Waals surface area contributed by atoms with E-state index in [9.17, 15) is 13.2 Å². The maximum Gasteiger partial charge on any atom is 0.446 e. The number of aliphatic carboxylic acids is 1. The summed E-state index contributed by atoms with van der Waals surface area (Å²) in [5, 5.41) is 8.72. The van der Waals surface area contributed by atoms with Crippen LogP contribution in [-0.4, -0.2) is 37.1 Å². The number of nitrogens with two attached hydrogens (primary N) is 1. The number of carboxylic acid groups (broad SMARTS) is 1. The van der Waals surface area contributed by atoms with E-state index in [1.165, 1.54) is 6.07 Å². The number of hydrogen-bond acceptors (Lipinski definition) is 6. The zero-order chi connectivity index (χ0) is 17.1. The van der Waals surface area contributed by atoms with Crippen molar-refractivity contribution in [3.05, 3.63) is 23.8 Å². The molecule has 0 unspecified atom stereocenters. The lowest BCUT2D eigenvalue weighted by molar-refractivity contribution is -0.138. The fraction of sp³-hybridized carbons (Fsp3) is 0.300. The Morgan fingerprint density at radius 3 is 2.74 bits per heavy atom. The molecular weight excluding hydrogens is 278 g/mol. The Balaban J connectivity index is 3.16. The van der Waals surface area contributed by atoms with Gasteiger partial charge in [-0.3, -0.25) is 9.35 Å². The second-order valence-electron chi connectivity index (χ2n) is 3.54. The van der Waals surface area contributed by atoms with Crippen molar-refractivity contribution in [3.63, 3.8) is 0 Å². The second kappa shape index (κ2) is 5.87. The molecule has 0 aliphatic heterocycles. The topological polar surface area (TPSA) is 136 Å². The van der Waals surface area contributed by atoms with E-state index in [2.05, 4.69) is 8.92 Å². The van der Waals surface area contributed by atoms with Crippen molar-refractivity contribution in [3.8, 4) is 11.5 Å². The highest BCUT2D eigenvalue weighted by molar-refractivity contribution is 7.81. The van der Waals surface area contributed by atoms with E-state index in [1.807, 2.05) is 0 Å². The van der Waals surface area contributed by atoms with Crippen molar-refractivity contribution in [1.29, 1.82) is 0 Å². The predicted molar refractivity (Wildman–Crippen MR) is 64.5 cm³/mol. The quantitative estimate of drug-likeness (QED) is 0.615. The van der Waals surface area contributed by atoms with Gasteiger partial charge < -0.3 is 19.8 Å². The molecule has 0 amide bonds. The van der Waals surface area contributed by atoms with E-state index in [0.717, 1.165) is 12.1 Å². The minimum Gasteiger partial charge on any atom is -0.493 e. The molecule has 106 valence electrons. The molecular formula is C10H13NO7S. The number of rotatable bonds is 6. The lowest BCUT2D eigenvalue weighted by atomic mass is 10.1. The minimum absolute atomic E-state index is 0.154. The molecule has 0 heterocycles. The van der Waals surface area contributed by atoms with Gasteiger partial charge in [0.2, 0.25) is 0 Å². The smallest absolute Gasteiger partial charge is 0.446 e. The van der Waals surface area contributed by atoms with Gasteiger partial charge in [-0.05, 0) is 24.1 Å². The zero-order valence-electron chi connectivity index (χ0n) is 12.4. The first-order valence-electron chi connectivity index (χ1n) is 6.34. The van der Waals surface area contributed by atoms with E-state index in [1.54, 1.807) is 0 Å². The first-order valence-corrected chi connectivity index (χ1v) is 6.21. The summed E-state index contributed by atoms with van der Waals surface area (Å²) in [7, 11) is -7.80. The van der Waals surface area contributed by atoms with Crippen molar-refractivity contribution in [2.75, 3.05) is 7.04 Å². The summed E-state index contributed by atoms with van der Waals surface area (Å²) in [4.78, 5) is 10.7. The Labute approximate surface area is 113 Å². The van der Waals surface area contributed by atoms with Gasteiger partial charge in [0.05, 0.1) is 11.2 Å².